The zero-order valence-corrected chi connectivity index (χ0v) is 16.0. The van der Waals surface area contributed by atoms with E-state index >= 15 is 0 Å². The molecule has 0 bridgehead atoms. The van der Waals surface area contributed by atoms with Gasteiger partial charge in [0.05, 0.1) is 18.1 Å². The van der Waals surface area contributed by atoms with Gasteiger partial charge in [0.1, 0.15) is 0 Å². The Morgan fingerprint density at radius 1 is 1.04 bits per heavy atom. The third-order valence-corrected chi connectivity index (χ3v) is 6.20. The molecule has 1 heterocycles. The minimum Gasteiger partial charge on any atom is -0.379 e. The minimum absolute atomic E-state index is 0.0726. The normalized spacial score (nSPS) is 17.1. The van der Waals surface area contributed by atoms with Crippen molar-refractivity contribution in [3.63, 3.8) is 0 Å². The Bertz CT molecular complexity index is 791. The summed E-state index contributed by atoms with van der Waals surface area (Å²) in [6, 6.07) is 16.4. The van der Waals surface area contributed by atoms with E-state index in [2.05, 4.69) is 21.8 Å². The Hall–Kier alpha value is -1.44. The van der Waals surface area contributed by atoms with E-state index in [0.717, 1.165) is 19.5 Å². The molecule has 1 fully saturated rings. The third-order valence-electron chi connectivity index (χ3n) is 4.51. The lowest BCUT2D eigenvalue weighted by Crippen LogP contribution is -2.49. The van der Waals surface area contributed by atoms with Crippen LogP contribution >= 0.6 is 11.6 Å². The van der Waals surface area contributed by atoms with Crippen molar-refractivity contribution in [2.75, 3.05) is 32.8 Å². The maximum atomic E-state index is 12.6. The Balaban J connectivity index is 1.71. The first kappa shape index (κ1) is 19.3. The molecule has 0 aliphatic carbocycles. The topological polar surface area (TPSA) is 58.6 Å². The Labute approximate surface area is 160 Å². The molecule has 1 aliphatic rings. The number of nitrogens with one attached hydrogen (secondary N) is 1. The van der Waals surface area contributed by atoms with Crippen LogP contribution in [-0.4, -0.2) is 52.2 Å². The second-order valence-corrected chi connectivity index (χ2v) is 8.50. The first-order chi connectivity index (χ1) is 12.5. The summed E-state index contributed by atoms with van der Waals surface area (Å²) in [5.41, 5.74) is 1.19. The lowest BCUT2D eigenvalue weighted by molar-refractivity contribution is 0.0177. The van der Waals surface area contributed by atoms with Gasteiger partial charge in [-0.05, 0) is 36.2 Å². The summed E-state index contributed by atoms with van der Waals surface area (Å²) < 4.78 is 33.4. The molecule has 3 rings (SSSR count). The number of hydrogen-bond donors (Lipinski definition) is 1. The average molecular weight is 395 g/mol. The highest BCUT2D eigenvalue weighted by molar-refractivity contribution is 7.89. The van der Waals surface area contributed by atoms with Crippen molar-refractivity contribution in [2.24, 2.45) is 0 Å². The van der Waals surface area contributed by atoms with Gasteiger partial charge in [0.15, 0.2) is 0 Å². The van der Waals surface area contributed by atoms with Gasteiger partial charge in [-0.15, -0.1) is 0 Å². The molecule has 0 saturated carbocycles. The lowest BCUT2D eigenvalue weighted by atomic mass is 10.0. The molecule has 5 nitrogen and oxygen atoms in total. The molecule has 26 heavy (non-hydrogen) atoms. The van der Waals surface area contributed by atoms with Crippen LogP contribution in [0.4, 0.5) is 0 Å². The van der Waals surface area contributed by atoms with Crippen LogP contribution in [0.3, 0.4) is 0 Å². The van der Waals surface area contributed by atoms with E-state index in [0.29, 0.717) is 24.8 Å². The van der Waals surface area contributed by atoms with Crippen LogP contribution in [0.2, 0.25) is 5.02 Å². The quantitative estimate of drug-likeness (QED) is 0.784. The summed E-state index contributed by atoms with van der Waals surface area (Å²) in [5.74, 6) is 0. The van der Waals surface area contributed by atoms with E-state index in [1.807, 2.05) is 18.2 Å². The van der Waals surface area contributed by atoms with Crippen molar-refractivity contribution in [3.8, 4) is 0 Å². The van der Waals surface area contributed by atoms with Crippen molar-refractivity contribution in [1.82, 2.24) is 9.62 Å². The molecule has 0 spiro atoms. The minimum atomic E-state index is -3.57. The zero-order chi connectivity index (χ0) is 18.4. The molecule has 1 saturated heterocycles. The predicted molar refractivity (Wildman–Crippen MR) is 103 cm³/mol. The monoisotopic (exact) mass is 394 g/mol. The summed E-state index contributed by atoms with van der Waals surface area (Å²) in [7, 11) is -3.57. The molecular weight excluding hydrogens is 372 g/mol. The number of benzene rings is 2. The predicted octanol–water partition coefficient (Wildman–Crippen LogP) is 2.56. The summed E-state index contributed by atoms with van der Waals surface area (Å²) in [5, 5.41) is 0.513. The average Bonchev–Trinajstić information content (AvgIpc) is 2.67. The molecule has 0 radical (unpaired) electrons. The fraction of sp³-hybridized carbons (Fsp3) is 0.368. The maximum absolute atomic E-state index is 12.6. The molecule has 140 valence electrons. The largest absolute Gasteiger partial charge is 0.379 e. The molecule has 1 atom stereocenters. The fourth-order valence-electron chi connectivity index (χ4n) is 3.06. The first-order valence-electron chi connectivity index (χ1n) is 8.65. The van der Waals surface area contributed by atoms with E-state index in [1.165, 1.54) is 17.7 Å². The van der Waals surface area contributed by atoms with E-state index in [9.17, 15) is 8.42 Å². The van der Waals surface area contributed by atoms with Gasteiger partial charge in [0, 0.05) is 30.7 Å². The zero-order valence-electron chi connectivity index (χ0n) is 14.5. The van der Waals surface area contributed by atoms with E-state index < -0.39 is 10.0 Å². The van der Waals surface area contributed by atoms with Crippen molar-refractivity contribution < 1.29 is 13.2 Å². The lowest BCUT2D eigenvalue weighted by Gasteiger charge is -2.34. The number of rotatable bonds is 7. The smallest absolute Gasteiger partial charge is 0.240 e. The molecule has 0 aromatic heterocycles. The van der Waals surface area contributed by atoms with Crippen LogP contribution in [0, 0.1) is 0 Å². The third kappa shape index (κ3) is 5.28. The molecule has 2 aromatic rings. The Kier molecular flexibility index (Phi) is 6.67. The van der Waals surface area contributed by atoms with Crippen LogP contribution in [0.25, 0.3) is 0 Å². The van der Waals surface area contributed by atoms with Gasteiger partial charge in [0.25, 0.3) is 0 Å². The standard InChI is InChI=1S/C19H23ClN2O3S/c20-17-6-8-19(9-7-17)26(23,24)21-15-18(22-10-12-25-13-11-22)14-16-4-2-1-3-5-16/h1-9,18,21H,10-15H2. The summed E-state index contributed by atoms with van der Waals surface area (Å²) in [6.07, 6.45) is 0.782. The number of sulfonamides is 1. The molecule has 1 unspecified atom stereocenters. The summed E-state index contributed by atoms with van der Waals surface area (Å²) >= 11 is 5.85. The highest BCUT2D eigenvalue weighted by Gasteiger charge is 2.24. The number of morpholine rings is 1. The summed E-state index contributed by atoms with van der Waals surface area (Å²) in [4.78, 5) is 2.52. The van der Waals surface area contributed by atoms with E-state index in [4.69, 9.17) is 16.3 Å². The number of nitrogens with zero attached hydrogens (tertiary/aromatic N) is 1. The van der Waals surface area contributed by atoms with Gasteiger partial charge in [-0.1, -0.05) is 41.9 Å². The van der Waals surface area contributed by atoms with E-state index in [-0.39, 0.29) is 10.9 Å². The van der Waals surface area contributed by atoms with Gasteiger partial charge in [-0.25, -0.2) is 13.1 Å². The van der Waals surface area contributed by atoms with Gasteiger partial charge < -0.3 is 4.74 Å². The fourth-order valence-corrected chi connectivity index (χ4v) is 4.26. The van der Waals surface area contributed by atoms with Gasteiger partial charge >= 0.3 is 0 Å². The molecule has 2 aromatic carbocycles. The highest BCUT2D eigenvalue weighted by Crippen LogP contribution is 2.15. The molecule has 1 aliphatic heterocycles. The van der Waals surface area contributed by atoms with Crippen molar-refractivity contribution in [1.29, 1.82) is 0 Å². The molecule has 1 N–H and O–H groups in total. The molecule has 7 heteroatoms. The van der Waals surface area contributed by atoms with Crippen molar-refractivity contribution in [3.05, 3.63) is 65.2 Å². The van der Waals surface area contributed by atoms with Crippen LogP contribution in [0.5, 0.6) is 0 Å². The number of halogens is 1. The van der Waals surface area contributed by atoms with Crippen LogP contribution < -0.4 is 4.72 Å². The SMILES string of the molecule is O=S(=O)(NCC(Cc1ccccc1)N1CCOCC1)c1ccc(Cl)cc1. The number of ether oxygens (including phenoxy) is 1. The number of hydrogen-bond acceptors (Lipinski definition) is 4. The van der Waals surface area contributed by atoms with Crippen molar-refractivity contribution >= 4 is 21.6 Å². The van der Waals surface area contributed by atoms with Gasteiger partial charge in [-0.2, -0.15) is 0 Å². The van der Waals surface area contributed by atoms with E-state index in [1.54, 1.807) is 12.1 Å². The highest BCUT2D eigenvalue weighted by atomic mass is 35.5. The first-order valence-corrected chi connectivity index (χ1v) is 10.5. The van der Waals surface area contributed by atoms with Crippen molar-refractivity contribution in [2.45, 2.75) is 17.4 Å². The second-order valence-electron chi connectivity index (χ2n) is 6.30. The summed E-state index contributed by atoms with van der Waals surface area (Å²) in [6.45, 7) is 3.31. The molecule has 0 amide bonds. The Morgan fingerprint density at radius 2 is 1.69 bits per heavy atom. The van der Waals surface area contributed by atoms with Crippen LogP contribution in [-0.2, 0) is 21.2 Å². The van der Waals surface area contributed by atoms with Gasteiger partial charge in [-0.3, -0.25) is 4.90 Å². The second kappa shape index (κ2) is 8.97. The van der Waals surface area contributed by atoms with Crippen LogP contribution in [0.1, 0.15) is 5.56 Å². The molecular formula is C19H23ClN2O3S. The van der Waals surface area contributed by atoms with Gasteiger partial charge in [0.2, 0.25) is 10.0 Å². The maximum Gasteiger partial charge on any atom is 0.240 e. The van der Waals surface area contributed by atoms with Crippen LogP contribution in [0.15, 0.2) is 59.5 Å². The Morgan fingerprint density at radius 3 is 2.35 bits per heavy atom.